The number of hydrogen-bond acceptors (Lipinski definition) is 2. The average Bonchev–Trinajstić information content (AvgIpc) is 2.53. The van der Waals surface area contributed by atoms with E-state index in [-0.39, 0.29) is 5.78 Å². The molecular weight excluding hydrogens is 284 g/mol. The Labute approximate surface area is 143 Å². The molecule has 0 aliphatic heterocycles. The Morgan fingerprint density at radius 3 is 2.00 bits per heavy atom. The van der Waals surface area contributed by atoms with E-state index < -0.39 is 6.10 Å². The number of ketones is 1. The van der Waals surface area contributed by atoms with Crippen LogP contribution in [0.2, 0.25) is 0 Å². The van der Waals surface area contributed by atoms with Crippen molar-refractivity contribution in [3.63, 3.8) is 0 Å². The zero-order chi connectivity index (χ0) is 16.8. The second-order valence-electron chi connectivity index (χ2n) is 7.45. The first-order chi connectivity index (χ1) is 11.2. The molecule has 2 nitrogen and oxygen atoms in total. The molecule has 0 fully saturated rings. The van der Waals surface area contributed by atoms with Gasteiger partial charge >= 0.3 is 0 Å². The van der Waals surface area contributed by atoms with E-state index in [1.54, 1.807) is 0 Å². The molecule has 0 amide bonds. The number of carbonyl (C=O) groups excluding carboxylic acids is 1. The summed E-state index contributed by atoms with van der Waals surface area (Å²) in [6.45, 7) is 2.17. The van der Waals surface area contributed by atoms with Crippen LogP contribution in [0.1, 0.15) is 103 Å². The minimum absolute atomic E-state index is 0.0661. The fourth-order valence-corrected chi connectivity index (χ4v) is 3.41. The first-order valence-electron chi connectivity index (χ1n) is 10.1. The first-order valence-corrected chi connectivity index (χ1v) is 10.1. The normalized spacial score (nSPS) is 28.3. The summed E-state index contributed by atoms with van der Waals surface area (Å²) in [5, 5.41) is 10.1. The van der Waals surface area contributed by atoms with Gasteiger partial charge in [0.15, 0.2) is 5.78 Å². The van der Waals surface area contributed by atoms with Crippen LogP contribution < -0.4 is 0 Å². The van der Waals surface area contributed by atoms with E-state index in [9.17, 15) is 9.90 Å². The summed E-state index contributed by atoms with van der Waals surface area (Å²) in [6, 6.07) is 0. The Morgan fingerprint density at radius 2 is 1.35 bits per heavy atom. The van der Waals surface area contributed by atoms with E-state index in [4.69, 9.17) is 0 Å². The van der Waals surface area contributed by atoms with E-state index in [1.165, 1.54) is 64.2 Å². The van der Waals surface area contributed by atoms with E-state index >= 15 is 0 Å². The van der Waals surface area contributed by atoms with Gasteiger partial charge in [0.05, 0.1) is 0 Å². The Morgan fingerprint density at radius 1 is 0.826 bits per heavy atom. The summed E-state index contributed by atoms with van der Waals surface area (Å²) < 4.78 is 0. The summed E-state index contributed by atoms with van der Waals surface area (Å²) in [7, 11) is 0. The van der Waals surface area contributed by atoms with Gasteiger partial charge in [0, 0.05) is 6.42 Å². The van der Waals surface area contributed by atoms with Crippen molar-refractivity contribution in [3.05, 3.63) is 12.2 Å². The summed E-state index contributed by atoms with van der Waals surface area (Å²) >= 11 is 0. The molecule has 2 atom stereocenters. The van der Waals surface area contributed by atoms with E-state index in [2.05, 4.69) is 19.1 Å². The van der Waals surface area contributed by atoms with E-state index in [0.717, 1.165) is 19.3 Å². The van der Waals surface area contributed by atoms with Gasteiger partial charge in [-0.1, -0.05) is 70.4 Å². The Bertz CT molecular complexity index is 322. The van der Waals surface area contributed by atoms with Gasteiger partial charge in [-0.25, -0.2) is 0 Å². The molecule has 0 saturated carbocycles. The molecule has 1 unspecified atom stereocenters. The standard InChI is InChI=1S/C21H38O2/c1-19-16-14-12-10-8-6-4-2-3-5-7-9-11-13-15-17-20(22)21(23)18-19/h2,4,19,21,23H,3,5-18H2,1H3/t19-,21?/m0/s1. The van der Waals surface area contributed by atoms with Crippen LogP contribution >= 0.6 is 0 Å². The number of rotatable bonds is 0. The molecule has 1 N–H and O–H groups in total. The van der Waals surface area contributed by atoms with Gasteiger partial charge in [-0.05, 0) is 44.4 Å². The van der Waals surface area contributed by atoms with Crippen LogP contribution in [0.3, 0.4) is 0 Å². The molecule has 1 aliphatic rings. The van der Waals surface area contributed by atoms with Gasteiger partial charge in [0.25, 0.3) is 0 Å². The molecule has 0 aromatic carbocycles. The molecule has 0 saturated heterocycles. The topological polar surface area (TPSA) is 37.3 Å². The third-order valence-corrected chi connectivity index (χ3v) is 5.03. The quantitative estimate of drug-likeness (QED) is 0.557. The third-order valence-electron chi connectivity index (χ3n) is 5.03. The number of Topliss-reactive ketones (excluding diaryl/α,β-unsaturated/α-hetero) is 1. The average molecular weight is 323 g/mol. The predicted molar refractivity (Wildman–Crippen MR) is 98.6 cm³/mol. The lowest BCUT2D eigenvalue weighted by Crippen LogP contribution is -2.22. The largest absolute Gasteiger partial charge is 0.385 e. The molecule has 0 aromatic rings. The highest BCUT2D eigenvalue weighted by atomic mass is 16.3. The van der Waals surface area contributed by atoms with Crippen LogP contribution in [0, 0.1) is 5.92 Å². The number of allylic oxidation sites excluding steroid dienone is 2. The van der Waals surface area contributed by atoms with E-state index in [0.29, 0.717) is 18.8 Å². The molecule has 1 aliphatic carbocycles. The Balaban J connectivity index is 2.32. The predicted octanol–water partition coefficient (Wildman–Crippen LogP) is 5.97. The van der Waals surface area contributed by atoms with Gasteiger partial charge in [0.1, 0.15) is 6.10 Å². The first kappa shape index (κ1) is 20.4. The SMILES string of the molecule is C[C@H]1CCCCCCC=CCCCCCCCCC(=O)C(O)C1. The maximum atomic E-state index is 12.0. The zero-order valence-electron chi connectivity index (χ0n) is 15.3. The molecule has 134 valence electrons. The van der Waals surface area contributed by atoms with Crippen LogP contribution in [0.25, 0.3) is 0 Å². The number of hydrogen-bond donors (Lipinski definition) is 1. The molecule has 2 heteroatoms. The number of aliphatic hydroxyl groups excluding tert-OH is 1. The molecule has 0 spiro atoms. The summed E-state index contributed by atoms with van der Waals surface area (Å²) in [5.41, 5.74) is 0. The maximum absolute atomic E-state index is 12.0. The Kier molecular flexibility index (Phi) is 12.2. The molecule has 0 radical (unpaired) electrons. The fraction of sp³-hybridized carbons (Fsp3) is 0.857. The zero-order valence-corrected chi connectivity index (χ0v) is 15.3. The van der Waals surface area contributed by atoms with Crippen molar-refractivity contribution in [2.45, 2.75) is 109 Å². The summed E-state index contributed by atoms with van der Waals surface area (Å²) in [6.07, 6.45) is 21.1. The lowest BCUT2D eigenvalue weighted by molar-refractivity contribution is -0.128. The highest BCUT2D eigenvalue weighted by Gasteiger charge is 2.17. The molecule has 0 bridgehead atoms. The van der Waals surface area contributed by atoms with Gasteiger partial charge in [-0.3, -0.25) is 4.79 Å². The Hall–Kier alpha value is -0.630. The van der Waals surface area contributed by atoms with Gasteiger partial charge in [-0.2, -0.15) is 0 Å². The number of carbonyl (C=O) groups is 1. The van der Waals surface area contributed by atoms with Crippen LogP contribution in [0.15, 0.2) is 12.2 Å². The molecular formula is C21H38O2. The minimum atomic E-state index is -0.722. The third kappa shape index (κ3) is 11.5. The van der Waals surface area contributed by atoms with Crippen LogP contribution in [-0.4, -0.2) is 17.0 Å². The molecule has 1 rings (SSSR count). The molecule has 0 aromatic heterocycles. The van der Waals surface area contributed by atoms with Crippen LogP contribution in [-0.2, 0) is 4.79 Å². The van der Waals surface area contributed by atoms with Crippen LogP contribution in [0.4, 0.5) is 0 Å². The van der Waals surface area contributed by atoms with Crippen molar-refractivity contribution in [3.8, 4) is 0 Å². The lowest BCUT2D eigenvalue weighted by atomic mass is 9.93. The van der Waals surface area contributed by atoms with Crippen molar-refractivity contribution >= 4 is 5.78 Å². The monoisotopic (exact) mass is 322 g/mol. The highest BCUT2D eigenvalue weighted by molar-refractivity contribution is 5.82. The number of aliphatic hydroxyl groups is 1. The van der Waals surface area contributed by atoms with Crippen molar-refractivity contribution in [2.75, 3.05) is 0 Å². The summed E-state index contributed by atoms with van der Waals surface area (Å²) in [4.78, 5) is 12.0. The smallest absolute Gasteiger partial charge is 0.161 e. The molecule has 0 heterocycles. The second kappa shape index (κ2) is 13.8. The fourth-order valence-electron chi connectivity index (χ4n) is 3.41. The van der Waals surface area contributed by atoms with Gasteiger partial charge in [-0.15, -0.1) is 0 Å². The van der Waals surface area contributed by atoms with Crippen molar-refractivity contribution in [1.82, 2.24) is 0 Å². The van der Waals surface area contributed by atoms with Crippen LogP contribution in [0.5, 0.6) is 0 Å². The van der Waals surface area contributed by atoms with Gasteiger partial charge < -0.3 is 5.11 Å². The minimum Gasteiger partial charge on any atom is -0.385 e. The van der Waals surface area contributed by atoms with E-state index in [1.807, 2.05) is 0 Å². The highest BCUT2D eigenvalue weighted by Crippen LogP contribution is 2.18. The molecule has 23 heavy (non-hydrogen) atoms. The van der Waals surface area contributed by atoms with Crippen molar-refractivity contribution < 1.29 is 9.90 Å². The summed E-state index contributed by atoms with van der Waals surface area (Å²) in [5.74, 6) is 0.524. The maximum Gasteiger partial charge on any atom is 0.161 e. The van der Waals surface area contributed by atoms with Gasteiger partial charge in [0.2, 0.25) is 0 Å². The lowest BCUT2D eigenvalue weighted by Gasteiger charge is -2.15. The second-order valence-corrected chi connectivity index (χ2v) is 7.45. The van der Waals surface area contributed by atoms with Crippen molar-refractivity contribution in [1.29, 1.82) is 0 Å². The van der Waals surface area contributed by atoms with Crippen molar-refractivity contribution in [2.24, 2.45) is 5.92 Å².